The molecule has 8 nitrogen and oxygen atoms in total. The van der Waals surface area contributed by atoms with Gasteiger partial charge in [0.2, 0.25) is 0 Å². The number of hydrogen-bond donors (Lipinski definition) is 3. The minimum atomic E-state index is -3.30. The number of carbonyl (C=O) groups is 2. The van der Waals surface area contributed by atoms with Crippen molar-refractivity contribution in [3.05, 3.63) is 29.6 Å². The van der Waals surface area contributed by atoms with Crippen molar-refractivity contribution in [1.82, 2.24) is 10.3 Å². The number of hydrogen-bond acceptors (Lipinski definition) is 6. The SMILES string of the molecule is CS(=O)(=O)CCC(NC(=O)c1ccnc(CN)c1)C(=O)O. The molecule has 0 aliphatic rings. The summed E-state index contributed by atoms with van der Waals surface area (Å²) in [6, 6.07) is 1.59. The molecule has 0 spiro atoms. The van der Waals surface area contributed by atoms with Crippen LogP contribution in [0.5, 0.6) is 0 Å². The van der Waals surface area contributed by atoms with Gasteiger partial charge >= 0.3 is 5.97 Å². The molecular weight excluding hydrogens is 298 g/mol. The number of pyridine rings is 1. The highest BCUT2D eigenvalue weighted by Gasteiger charge is 2.22. The van der Waals surface area contributed by atoms with Crippen LogP contribution in [-0.4, -0.2) is 48.4 Å². The first-order valence-electron chi connectivity index (χ1n) is 6.09. The molecule has 0 saturated carbocycles. The van der Waals surface area contributed by atoms with E-state index in [0.717, 1.165) is 6.26 Å². The third-order valence-electron chi connectivity index (χ3n) is 2.67. The predicted octanol–water partition coefficient (Wildman–Crippen LogP) is -0.842. The third-order valence-corrected chi connectivity index (χ3v) is 3.65. The Kier molecular flexibility index (Phi) is 5.79. The Hall–Kier alpha value is -2.00. The van der Waals surface area contributed by atoms with Crippen LogP contribution >= 0.6 is 0 Å². The summed E-state index contributed by atoms with van der Waals surface area (Å²) in [5.74, 6) is -2.23. The fourth-order valence-corrected chi connectivity index (χ4v) is 2.23. The zero-order valence-corrected chi connectivity index (χ0v) is 12.3. The molecule has 9 heteroatoms. The topological polar surface area (TPSA) is 139 Å². The monoisotopic (exact) mass is 315 g/mol. The van der Waals surface area contributed by atoms with Crippen LogP contribution in [-0.2, 0) is 21.2 Å². The largest absolute Gasteiger partial charge is 0.480 e. The lowest BCUT2D eigenvalue weighted by Crippen LogP contribution is -2.42. The number of carboxylic acid groups (broad SMARTS) is 1. The van der Waals surface area contributed by atoms with Crippen LogP contribution in [0.15, 0.2) is 18.3 Å². The lowest BCUT2D eigenvalue weighted by molar-refractivity contribution is -0.139. The van der Waals surface area contributed by atoms with Crippen LogP contribution in [0.3, 0.4) is 0 Å². The van der Waals surface area contributed by atoms with Crippen molar-refractivity contribution in [1.29, 1.82) is 0 Å². The van der Waals surface area contributed by atoms with Gasteiger partial charge in [0.05, 0.1) is 11.4 Å². The molecule has 1 atom stereocenters. The molecule has 1 unspecified atom stereocenters. The summed E-state index contributed by atoms with van der Waals surface area (Å²) in [5.41, 5.74) is 6.12. The fourth-order valence-electron chi connectivity index (χ4n) is 1.56. The Morgan fingerprint density at radius 3 is 2.67 bits per heavy atom. The second-order valence-corrected chi connectivity index (χ2v) is 6.78. The Bertz CT molecular complexity index is 630. The molecule has 0 aliphatic heterocycles. The molecule has 1 rings (SSSR count). The highest BCUT2D eigenvalue weighted by atomic mass is 32.2. The lowest BCUT2D eigenvalue weighted by Gasteiger charge is -2.14. The van der Waals surface area contributed by atoms with Gasteiger partial charge in [-0.3, -0.25) is 9.78 Å². The van der Waals surface area contributed by atoms with Crippen molar-refractivity contribution in [3.63, 3.8) is 0 Å². The highest BCUT2D eigenvalue weighted by molar-refractivity contribution is 7.90. The van der Waals surface area contributed by atoms with Gasteiger partial charge in [-0.25, -0.2) is 13.2 Å². The number of aliphatic carboxylic acids is 1. The maximum Gasteiger partial charge on any atom is 0.326 e. The molecule has 0 bridgehead atoms. The van der Waals surface area contributed by atoms with Crippen molar-refractivity contribution in [2.24, 2.45) is 5.73 Å². The maximum atomic E-state index is 12.0. The lowest BCUT2D eigenvalue weighted by atomic mass is 10.1. The number of nitrogens with zero attached hydrogens (tertiary/aromatic N) is 1. The number of sulfone groups is 1. The number of carbonyl (C=O) groups excluding carboxylic acids is 1. The Labute approximate surface area is 122 Å². The fraction of sp³-hybridized carbons (Fsp3) is 0.417. The van der Waals surface area contributed by atoms with Crippen molar-refractivity contribution >= 4 is 21.7 Å². The van der Waals surface area contributed by atoms with Crippen LogP contribution < -0.4 is 11.1 Å². The van der Waals surface area contributed by atoms with Crippen LogP contribution in [0.2, 0.25) is 0 Å². The van der Waals surface area contributed by atoms with Gasteiger partial charge in [-0.15, -0.1) is 0 Å². The zero-order chi connectivity index (χ0) is 16.0. The van der Waals surface area contributed by atoms with Crippen molar-refractivity contribution < 1.29 is 23.1 Å². The molecule has 4 N–H and O–H groups in total. The smallest absolute Gasteiger partial charge is 0.326 e. The molecule has 1 aromatic rings. The minimum absolute atomic E-state index is 0.150. The van der Waals surface area contributed by atoms with E-state index in [2.05, 4.69) is 10.3 Å². The number of nitrogens with two attached hydrogens (primary N) is 1. The van der Waals surface area contributed by atoms with Gasteiger partial charge in [0, 0.05) is 24.6 Å². The van der Waals surface area contributed by atoms with E-state index in [9.17, 15) is 18.0 Å². The first-order chi connectivity index (χ1) is 9.73. The van der Waals surface area contributed by atoms with E-state index in [0.29, 0.717) is 5.69 Å². The summed E-state index contributed by atoms with van der Waals surface area (Å²) in [6.45, 7) is 0.150. The molecule has 0 fully saturated rings. The van der Waals surface area contributed by atoms with Gasteiger partial charge in [-0.2, -0.15) is 0 Å². The van der Waals surface area contributed by atoms with Gasteiger partial charge in [0.1, 0.15) is 15.9 Å². The van der Waals surface area contributed by atoms with Crippen LogP contribution in [0.25, 0.3) is 0 Å². The second kappa shape index (κ2) is 7.14. The van der Waals surface area contributed by atoms with Crippen LogP contribution in [0, 0.1) is 0 Å². The van der Waals surface area contributed by atoms with Crippen molar-refractivity contribution in [3.8, 4) is 0 Å². The molecule has 1 heterocycles. The molecule has 0 radical (unpaired) electrons. The summed E-state index contributed by atoms with van der Waals surface area (Å²) in [4.78, 5) is 26.9. The van der Waals surface area contributed by atoms with Crippen molar-refractivity contribution in [2.45, 2.75) is 19.0 Å². The minimum Gasteiger partial charge on any atom is -0.480 e. The van der Waals surface area contributed by atoms with E-state index in [4.69, 9.17) is 10.8 Å². The molecule has 21 heavy (non-hydrogen) atoms. The molecule has 0 saturated heterocycles. The van der Waals surface area contributed by atoms with Crippen LogP contribution in [0.1, 0.15) is 22.5 Å². The third kappa shape index (κ3) is 5.88. The van der Waals surface area contributed by atoms with E-state index in [-0.39, 0.29) is 24.3 Å². The van der Waals surface area contributed by atoms with Gasteiger partial charge in [0.15, 0.2) is 0 Å². The molecule has 1 amide bonds. The Morgan fingerprint density at radius 1 is 1.48 bits per heavy atom. The number of amides is 1. The normalized spacial score (nSPS) is 12.7. The molecule has 0 aromatic carbocycles. The quantitative estimate of drug-likeness (QED) is 0.596. The first-order valence-corrected chi connectivity index (χ1v) is 8.15. The Morgan fingerprint density at radius 2 is 2.14 bits per heavy atom. The van der Waals surface area contributed by atoms with Gasteiger partial charge < -0.3 is 16.2 Å². The van der Waals surface area contributed by atoms with Gasteiger partial charge in [-0.05, 0) is 18.6 Å². The molecule has 1 aromatic heterocycles. The zero-order valence-electron chi connectivity index (χ0n) is 11.4. The second-order valence-electron chi connectivity index (χ2n) is 4.52. The number of carboxylic acids is 1. The summed E-state index contributed by atoms with van der Waals surface area (Å²) in [5, 5.41) is 11.3. The highest BCUT2D eigenvalue weighted by Crippen LogP contribution is 2.04. The van der Waals surface area contributed by atoms with Crippen LogP contribution in [0.4, 0.5) is 0 Å². The Balaban J connectivity index is 2.78. The summed E-state index contributed by atoms with van der Waals surface area (Å²) in [7, 11) is -3.30. The van der Waals surface area contributed by atoms with E-state index >= 15 is 0 Å². The maximum absolute atomic E-state index is 12.0. The van der Waals surface area contributed by atoms with Crippen molar-refractivity contribution in [2.75, 3.05) is 12.0 Å². The number of aromatic nitrogens is 1. The molecule has 0 aliphatic carbocycles. The van der Waals surface area contributed by atoms with E-state index in [1.54, 1.807) is 0 Å². The van der Waals surface area contributed by atoms with E-state index in [1.165, 1.54) is 18.3 Å². The summed E-state index contributed by atoms with van der Waals surface area (Å²) in [6.07, 6.45) is 2.20. The average Bonchev–Trinajstić information content (AvgIpc) is 2.41. The van der Waals surface area contributed by atoms with E-state index < -0.39 is 27.8 Å². The van der Waals surface area contributed by atoms with Gasteiger partial charge in [-0.1, -0.05) is 0 Å². The molecule has 116 valence electrons. The average molecular weight is 315 g/mol. The van der Waals surface area contributed by atoms with Gasteiger partial charge in [0.25, 0.3) is 5.91 Å². The summed E-state index contributed by atoms with van der Waals surface area (Å²) < 4.78 is 22.1. The van der Waals surface area contributed by atoms with E-state index in [1.807, 2.05) is 0 Å². The first kappa shape index (κ1) is 17.1. The number of rotatable bonds is 7. The summed E-state index contributed by atoms with van der Waals surface area (Å²) >= 11 is 0. The number of nitrogens with one attached hydrogen (secondary N) is 1. The standard InChI is InChI=1S/C12H17N3O5S/c1-21(19,20)5-3-10(12(17)18)15-11(16)8-2-4-14-9(6-8)7-13/h2,4,6,10H,3,5,7,13H2,1H3,(H,15,16)(H,17,18). The molecular formula is C12H17N3O5S. The predicted molar refractivity (Wildman–Crippen MR) is 75.3 cm³/mol.